The highest BCUT2D eigenvalue weighted by molar-refractivity contribution is 7.14. The van der Waals surface area contributed by atoms with E-state index in [9.17, 15) is 9.90 Å². The van der Waals surface area contributed by atoms with Crippen molar-refractivity contribution < 1.29 is 9.90 Å². The first-order chi connectivity index (χ1) is 7.61. The molecule has 1 N–H and O–H groups in total. The summed E-state index contributed by atoms with van der Waals surface area (Å²) in [7, 11) is 0. The average molecular weight is 239 g/mol. The number of carbonyl (C=O) groups excluding carboxylic acids is 1. The number of likely N-dealkylation sites (tertiary alicyclic amines) is 1. The summed E-state index contributed by atoms with van der Waals surface area (Å²) >= 11 is 1.56. The van der Waals surface area contributed by atoms with Crippen LogP contribution in [0, 0.1) is 6.92 Å². The summed E-state index contributed by atoms with van der Waals surface area (Å²) in [5.74, 6) is 0.0735. The molecule has 0 saturated carbocycles. The van der Waals surface area contributed by atoms with E-state index in [0.29, 0.717) is 19.5 Å². The molecule has 0 aliphatic carbocycles. The minimum Gasteiger partial charge on any atom is -0.391 e. The Hall–Kier alpha value is -0.870. The molecule has 1 atom stereocenters. The molecular weight excluding hydrogens is 222 g/mol. The van der Waals surface area contributed by atoms with Crippen molar-refractivity contribution in [3.63, 3.8) is 0 Å². The number of rotatable bonds is 2. The van der Waals surface area contributed by atoms with E-state index in [4.69, 9.17) is 0 Å². The van der Waals surface area contributed by atoms with Gasteiger partial charge in [-0.3, -0.25) is 4.79 Å². The summed E-state index contributed by atoms with van der Waals surface area (Å²) in [4.78, 5) is 15.9. The Morgan fingerprint density at radius 3 is 2.94 bits per heavy atom. The van der Waals surface area contributed by atoms with Crippen LogP contribution in [0.5, 0.6) is 0 Å². The van der Waals surface area contributed by atoms with Gasteiger partial charge in [-0.1, -0.05) is 6.92 Å². The molecule has 1 fully saturated rings. The monoisotopic (exact) mass is 239 g/mol. The Kier molecular flexibility index (Phi) is 3.30. The van der Waals surface area contributed by atoms with Crippen LogP contribution in [0.1, 0.15) is 33.5 Å². The smallest absolute Gasteiger partial charge is 0.264 e. The number of hydrogen-bond acceptors (Lipinski definition) is 3. The fraction of sp³-hybridized carbons (Fsp3) is 0.583. The van der Waals surface area contributed by atoms with Gasteiger partial charge >= 0.3 is 0 Å². The summed E-state index contributed by atoms with van der Waals surface area (Å²) < 4.78 is 0. The first-order valence-corrected chi connectivity index (χ1v) is 6.50. The molecule has 88 valence electrons. The minimum atomic E-state index is -0.337. The molecule has 1 unspecified atom stereocenters. The Morgan fingerprint density at radius 1 is 1.69 bits per heavy atom. The molecule has 0 spiro atoms. The van der Waals surface area contributed by atoms with Crippen LogP contribution in [0.2, 0.25) is 0 Å². The van der Waals surface area contributed by atoms with E-state index in [2.05, 4.69) is 13.8 Å². The third-order valence-electron chi connectivity index (χ3n) is 3.06. The number of aliphatic hydroxyl groups excluding tert-OH is 1. The molecule has 1 aliphatic heterocycles. The molecule has 1 aromatic heterocycles. The van der Waals surface area contributed by atoms with Crippen molar-refractivity contribution >= 4 is 17.2 Å². The first-order valence-electron chi connectivity index (χ1n) is 5.68. The van der Waals surface area contributed by atoms with Gasteiger partial charge in [-0.2, -0.15) is 0 Å². The van der Waals surface area contributed by atoms with Crippen molar-refractivity contribution in [2.75, 3.05) is 13.1 Å². The number of hydrogen-bond donors (Lipinski definition) is 1. The van der Waals surface area contributed by atoms with Gasteiger partial charge in [0.1, 0.15) is 0 Å². The van der Waals surface area contributed by atoms with Crippen molar-refractivity contribution in [2.45, 2.75) is 32.8 Å². The number of aryl methyl sites for hydroxylation is 2. The second-order valence-corrected chi connectivity index (χ2v) is 5.50. The summed E-state index contributed by atoms with van der Waals surface area (Å²) in [6.07, 6.45) is 1.34. The molecule has 0 radical (unpaired) electrons. The van der Waals surface area contributed by atoms with E-state index < -0.39 is 0 Å². The molecule has 0 bridgehead atoms. The van der Waals surface area contributed by atoms with E-state index in [1.807, 2.05) is 6.07 Å². The van der Waals surface area contributed by atoms with Gasteiger partial charge in [0.2, 0.25) is 0 Å². The Morgan fingerprint density at radius 2 is 2.44 bits per heavy atom. The zero-order chi connectivity index (χ0) is 11.7. The predicted molar refractivity (Wildman–Crippen MR) is 65.0 cm³/mol. The Bertz CT molecular complexity index is 400. The highest BCUT2D eigenvalue weighted by Crippen LogP contribution is 2.24. The predicted octanol–water partition coefficient (Wildman–Crippen LogP) is 1.83. The van der Waals surface area contributed by atoms with Crippen molar-refractivity contribution in [1.82, 2.24) is 4.90 Å². The van der Waals surface area contributed by atoms with Crippen LogP contribution in [0.4, 0.5) is 0 Å². The second-order valence-electron chi connectivity index (χ2n) is 4.24. The summed E-state index contributed by atoms with van der Waals surface area (Å²) in [6, 6.07) is 1.99. The number of aliphatic hydroxyl groups is 1. The molecule has 4 heteroatoms. The van der Waals surface area contributed by atoms with Crippen LogP contribution in [-0.2, 0) is 6.42 Å². The minimum absolute atomic E-state index is 0.0735. The molecule has 1 saturated heterocycles. The molecule has 1 amide bonds. The van der Waals surface area contributed by atoms with Crippen molar-refractivity contribution in [3.05, 3.63) is 21.4 Å². The fourth-order valence-corrected chi connectivity index (χ4v) is 3.14. The summed E-state index contributed by atoms with van der Waals surface area (Å²) in [5, 5.41) is 9.41. The van der Waals surface area contributed by atoms with Gasteiger partial charge < -0.3 is 10.0 Å². The summed E-state index contributed by atoms with van der Waals surface area (Å²) in [5.41, 5.74) is 1.26. The van der Waals surface area contributed by atoms with Crippen LogP contribution < -0.4 is 0 Å². The number of nitrogens with zero attached hydrogens (tertiary/aromatic N) is 1. The van der Waals surface area contributed by atoms with Crippen LogP contribution in [0.25, 0.3) is 0 Å². The zero-order valence-electron chi connectivity index (χ0n) is 9.69. The van der Waals surface area contributed by atoms with Crippen molar-refractivity contribution in [3.8, 4) is 0 Å². The molecule has 2 rings (SSSR count). The van der Waals surface area contributed by atoms with Crippen LogP contribution in [-0.4, -0.2) is 35.1 Å². The lowest BCUT2D eigenvalue weighted by Gasteiger charge is -2.13. The SMILES string of the molecule is CCc1cc(C(=O)N2CCC(O)C2)sc1C. The van der Waals surface area contributed by atoms with Gasteiger partial charge in [-0.05, 0) is 31.4 Å². The van der Waals surface area contributed by atoms with Crippen LogP contribution in [0.3, 0.4) is 0 Å². The van der Waals surface area contributed by atoms with E-state index in [1.54, 1.807) is 16.2 Å². The van der Waals surface area contributed by atoms with Crippen LogP contribution in [0.15, 0.2) is 6.07 Å². The molecule has 16 heavy (non-hydrogen) atoms. The topological polar surface area (TPSA) is 40.5 Å². The highest BCUT2D eigenvalue weighted by atomic mass is 32.1. The van der Waals surface area contributed by atoms with Gasteiger partial charge in [0.05, 0.1) is 11.0 Å². The van der Waals surface area contributed by atoms with Crippen molar-refractivity contribution in [2.24, 2.45) is 0 Å². The molecule has 1 aromatic rings. The van der Waals surface area contributed by atoms with Crippen molar-refractivity contribution in [1.29, 1.82) is 0 Å². The normalized spacial score (nSPS) is 20.4. The fourth-order valence-electron chi connectivity index (χ4n) is 2.06. The van der Waals surface area contributed by atoms with Gasteiger partial charge in [-0.15, -0.1) is 11.3 Å². The maximum Gasteiger partial charge on any atom is 0.264 e. The summed E-state index contributed by atoms with van der Waals surface area (Å²) in [6.45, 7) is 5.32. The van der Waals surface area contributed by atoms with Crippen LogP contribution >= 0.6 is 11.3 Å². The standard InChI is InChI=1S/C12H17NO2S/c1-3-9-6-11(16-8(9)2)12(15)13-5-4-10(14)7-13/h6,10,14H,3-5,7H2,1-2H3. The molecule has 3 nitrogen and oxygen atoms in total. The largest absolute Gasteiger partial charge is 0.391 e. The molecule has 2 heterocycles. The van der Waals surface area contributed by atoms with Gasteiger partial charge in [0, 0.05) is 18.0 Å². The zero-order valence-corrected chi connectivity index (χ0v) is 10.5. The third kappa shape index (κ3) is 2.13. The quantitative estimate of drug-likeness (QED) is 0.855. The highest BCUT2D eigenvalue weighted by Gasteiger charge is 2.26. The average Bonchev–Trinajstić information content (AvgIpc) is 2.83. The maximum atomic E-state index is 12.1. The number of β-amino-alcohol motifs (C(OH)–C–C–N with tert-alkyl or cyclic N) is 1. The number of carbonyl (C=O) groups is 1. The van der Waals surface area contributed by atoms with E-state index in [1.165, 1.54) is 10.4 Å². The van der Waals surface area contributed by atoms with E-state index >= 15 is 0 Å². The maximum absolute atomic E-state index is 12.1. The van der Waals surface area contributed by atoms with E-state index in [0.717, 1.165) is 11.3 Å². The Labute approximate surface area is 99.7 Å². The lowest BCUT2D eigenvalue weighted by Crippen LogP contribution is -2.28. The third-order valence-corrected chi connectivity index (χ3v) is 4.14. The lowest BCUT2D eigenvalue weighted by molar-refractivity contribution is 0.0769. The second kappa shape index (κ2) is 4.55. The number of amides is 1. The molecule has 0 aromatic carbocycles. The van der Waals surface area contributed by atoms with Gasteiger partial charge in [0.25, 0.3) is 5.91 Å². The molecule has 1 aliphatic rings. The number of thiophene rings is 1. The first kappa shape index (κ1) is 11.6. The molecular formula is C12H17NO2S. The van der Waals surface area contributed by atoms with Gasteiger partial charge in [0.15, 0.2) is 0 Å². The Balaban J connectivity index is 2.14. The van der Waals surface area contributed by atoms with Gasteiger partial charge in [-0.25, -0.2) is 0 Å². The lowest BCUT2D eigenvalue weighted by atomic mass is 10.2. The van der Waals surface area contributed by atoms with E-state index in [-0.39, 0.29) is 12.0 Å².